The van der Waals surface area contributed by atoms with Crippen molar-refractivity contribution in [2.75, 3.05) is 12.3 Å². The minimum atomic E-state index is 0.551. The van der Waals surface area contributed by atoms with E-state index in [1.807, 2.05) is 43.3 Å². The van der Waals surface area contributed by atoms with Crippen LogP contribution in [-0.2, 0) is 0 Å². The lowest BCUT2D eigenvalue weighted by Gasteiger charge is -2.12. The molecule has 3 aromatic rings. The van der Waals surface area contributed by atoms with Crippen LogP contribution < -0.4 is 15.2 Å². The number of rotatable bonds is 4. The van der Waals surface area contributed by atoms with Crippen molar-refractivity contribution in [3.05, 3.63) is 41.9 Å². The maximum Gasteiger partial charge on any atom is 0.169 e. The average molecular weight is 286 g/mol. The van der Waals surface area contributed by atoms with E-state index in [1.165, 1.54) is 0 Å². The van der Waals surface area contributed by atoms with Crippen molar-refractivity contribution in [2.24, 2.45) is 0 Å². The number of anilines is 1. The fourth-order valence-corrected chi connectivity index (χ4v) is 2.64. The van der Waals surface area contributed by atoms with E-state index in [0.29, 0.717) is 29.5 Å². The second-order valence-electron chi connectivity index (χ2n) is 4.16. The van der Waals surface area contributed by atoms with Crippen LogP contribution in [-0.4, -0.2) is 11.6 Å². The van der Waals surface area contributed by atoms with Gasteiger partial charge in [0.05, 0.1) is 16.8 Å². The van der Waals surface area contributed by atoms with Gasteiger partial charge >= 0.3 is 0 Å². The molecule has 0 saturated heterocycles. The summed E-state index contributed by atoms with van der Waals surface area (Å²) < 4.78 is 12.5. The molecule has 2 aromatic carbocycles. The molecule has 4 nitrogen and oxygen atoms in total. The van der Waals surface area contributed by atoms with E-state index in [2.05, 4.69) is 4.98 Å². The monoisotopic (exact) mass is 286 g/mol. The van der Waals surface area contributed by atoms with Crippen LogP contribution >= 0.6 is 11.3 Å². The molecule has 2 N–H and O–H groups in total. The topological polar surface area (TPSA) is 57.4 Å². The molecule has 5 heteroatoms. The molecule has 0 fully saturated rings. The van der Waals surface area contributed by atoms with Crippen LogP contribution in [0.2, 0.25) is 0 Å². The maximum atomic E-state index is 6.11. The molecule has 0 atom stereocenters. The number of benzene rings is 2. The Morgan fingerprint density at radius 1 is 1.10 bits per heavy atom. The summed E-state index contributed by atoms with van der Waals surface area (Å²) in [5.41, 5.74) is 9.22. The molecule has 1 heterocycles. The van der Waals surface area contributed by atoms with E-state index in [1.54, 1.807) is 16.8 Å². The largest absolute Gasteiger partial charge is 0.490 e. The highest BCUT2D eigenvalue weighted by Gasteiger charge is 2.11. The zero-order chi connectivity index (χ0) is 13.9. The van der Waals surface area contributed by atoms with Crippen molar-refractivity contribution in [2.45, 2.75) is 6.92 Å². The Kier molecular flexibility index (Phi) is 3.43. The molecular formula is C15H14N2O2S. The minimum Gasteiger partial charge on any atom is -0.490 e. The zero-order valence-corrected chi connectivity index (χ0v) is 11.8. The smallest absolute Gasteiger partial charge is 0.169 e. The van der Waals surface area contributed by atoms with Gasteiger partial charge in [-0.1, -0.05) is 12.1 Å². The Morgan fingerprint density at radius 2 is 1.90 bits per heavy atom. The first-order valence-corrected chi connectivity index (χ1v) is 7.19. The van der Waals surface area contributed by atoms with Crippen molar-refractivity contribution in [1.29, 1.82) is 0 Å². The van der Waals surface area contributed by atoms with Gasteiger partial charge in [-0.3, -0.25) is 0 Å². The number of nitrogens with zero attached hydrogens (tertiary/aromatic N) is 1. The summed E-state index contributed by atoms with van der Waals surface area (Å²) in [5.74, 6) is 1.94. The lowest BCUT2D eigenvalue weighted by atomic mass is 10.2. The normalized spacial score (nSPS) is 10.7. The van der Waals surface area contributed by atoms with Crippen LogP contribution in [0.5, 0.6) is 17.2 Å². The molecule has 0 aliphatic heterocycles. The number of nitrogen functional groups attached to an aromatic ring is 1. The summed E-state index contributed by atoms with van der Waals surface area (Å²) in [6.07, 6.45) is 0. The van der Waals surface area contributed by atoms with Gasteiger partial charge in [-0.05, 0) is 31.2 Å². The molecule has 102 valence electrons. The van der Waals surface area contributed by atoms with Crippen molar-refractivity contribution >= 4 is 27.2 Å². The third-order valence-electron chi connectivity index (χ3n) is 2.87. The number of aromatic nitrogens is 1. The van der Waals surface area contributed by atoms with Crippen LogP contribution in [0.25, 0.3) is 10.2 Å². The molecule has 20 heavy (non-hydrogen) atoms. The van der Waals surface area contributed by atoms with Gasteiger partial charge in [0.1, 0.15) is 11.2 Å². The zero-order valence-electron chi connectivity index (χ0n) is 11.0. The molecule has 1 aromatic heterocycles. The van der Waals surface area contributed by atoms with E-state index < -0.39 is 0 Å². The lowest BCUT2D eigenvalue weighted by molar-refractivity contribution is 0.321. The molecule has 0 bridgehead atoms. The highest BCUT2D eigenvalue weighted by Crippen LogP contribution is 2.37. The fourth-order valence-electron chi connectivity index (χ4n) is 1.95. The van der Waals surface area contributed by atoms with Gasteiger partial charge in [0.2, 0.25) is 0 Å². The molecule has 3 rings (SSSR count). The van der Waals surface area contributed by atoms with E-state index in [-0.39, 0.29) is 0 Å². The Bertz CT molecular complexity index is 740. The van der Waals surface area contributed by atoms with Crippen molar-refractivity contribution < 1.29 is 9.47 Å². The molecule has 0 unspecified atom stereocenters. The van der Waals surface area contributed by atoms with Crippen LogP contribution in [0.1, 0.15) is 6.92 Å². The van der Waals surface area contributed by atoms with E-state index in [4.69, 9.17) is 15.2 Å². The van der Waals surface area contributed by atoms with Crippen molar-refractivity contribution in [3.8, 4) is 17.2 Å². The molecule has 0 spiro atoms. The third-order valence-corrected chi connectivity index (χ3v) is 3.66. The summed E-state index contributed by atoms with van der Waals surface area (Å²) in [4.78, 5) is 4.26. The molecular weight excluding hydrogens is 272 g/mol. The maximum absolute atomic E-state index is 6.11. The van der Waals surface area contributed by atoms with Crippen molar-refractivity contribution in [3.63, 3.8) is 0 Å². The summed E-state index contributed by atoms with van der Waals surface area (Å²) in [5, 5.41) is 0. The first-order valence-electron chi connectivity index (χ1n) is 6.31. The fraction of sp³-hybridized carbons (Fsp3) is 0.133. The molecule has 0 radical (unpaired) electrons. The van der Waals surface area contributed by atoms with Gasteiger partial charge in [0.15, 0.2) is 17.2 Å². The summed E-state index contributed by atoms with van der Waals surface area (Å²) in [7, 11) is 0. The predicted octanol–water partition coefficient (Wildman–Crippen LogP) is 4.07. The van der Waals surface area contributed by atoms with Crippen LogP contribution in [0.15, 0.2) is 41.9 Å². The van der Waals surface area contributed by atoms with Crippen molar-refractivity contribution in [1.82, 2.24) is 4.98 Å². The van der Waals surface area contributed by atoms with Gasteiger partial charge < -0.3 is 15.2 Å². The predicted molar refractivity (Wildman–Crippen MR) is 81.7 cm³/mol. The Morgan fingerprint density at radius 3 is 2.70 bits per heavy atom. The molecule has 0 aliphatic carbocycles. The first-order chi connectivity index (χ1) is 9.79. The quantitative estimate of drug-likeness (QED) is 0.734. The number of hydrogen-bond acceptors (Lipinski definition) is 5. The number of nitrogens with two attached hydrogens (primary N) is 1. The third kappa shape index (κ3) is 2.28. The SMILES string of the molecule is CCOc1ccccc1Oc1ccc2scnc2c1N. The van der Waals surface area contributed by atoms with Gasteiger partial charge in [0, 0.05) is 0 Å². The van der Waals surface area contributed by atoms with Gasteiger partial charge in [-0.15, -0.1) is 11.3 Å². The Hall–Kier alpha value is -2.27. The van der Waals surface area contributed by atoms with Gasteiger partial charge in [-0.25, -0.2) is 4.98 Å². The molecule has 0 amide bonds. The Labute approximate surface area is 120 Å². The highest BCUT2D eigenvalue weighted by atomic mass is 32.1. The van der Waals surface area contributed by atoms with Gasteiger partial charge in [-0.2, -0.15) is 0 Å². The van der Waals surface area contributed by atoms with E-state index in [9.17, 15) is 0 Å². The van der Waals surface area contributed by atoms with E-state index in [0.717, 1.165) is 10.2 Å². The molecule has 0 aliphatic rings. The Balaban J connectivity index is 1.99. The number of hydrogen-bond donors (Lipinski definition) is 1. The number of fused-ring (bicyclic) bond motifs is 1. The second kappa shape index (κ2) is 5.38. The number of ether oxygens (including phenoxy) is 2. The van der Waals surface area contributed by atoms with Crippen LogP contribution in [0.3, 0.4) is 0 Å². The minimum absolute atomic E-state index is 0.551. The lowest BCUT2D eigenvalue weighted by Crippen LogP contribution is -1.97. The van der Waals surface area contributed by atoms with Gasteiger partial charge in [0.25, 0.3) is 0 Å². The number of para-hydroxylation sites is 2. The first kappa shape index (κ1) is 12.7. The standard InChI is InChI=1S/C15H14N2O2S/c1-2-18-10-5-3-4-6-11(10)19-12-7-8-13-15(14(12)16)17-9-20-13/h3-9H,2,16H2,1H3. The average Bonchev–Trinajstić information content (AvgIpc) is 2.93. The van der Waals surface area contributed by atoms with E-state index >= 15 is 0 Å². The summed E-state index contributed by atoms with van der Waals surface area (Å²) in [6, 6.07) is 11.4. The van der Waals surface area contributed by atoms with Crippen LogP contribution in [0.4, 0.5) is 5.69 Å². The highest BCUT2D eigenvalue weighted by molar-refractivity contribution is 7.16. The summed E-state index contributed by atoms with van der Waals surface area (Å²) in [6.45, 7) is 2.52. The second-order valence-corrected chi connectivity index (χ2v) is 5.04. The van der Waals surface area contributed by atoms with Crippen LogP contribution in [0, 0.1) is 0 Å². The summed E-state index contributed by atoms with van der Waals surface area (Å²) >= 11 is 1.56. The molecule has 0 saturated carbocycles. The number of thiazole rings is 1.